The molecule has 1 heterocycles. The van der Waals surface area contributed by atoms with Crippen LogP contribution in [0.15, 0.2) is 42.7 Å². The van der Waals surface area contributed by atoms with Gasteiger partial charge < -0.3 is 10.4 Å². The monoisotopic (exact) mass is 281 g/mol. The van der Waals surface area contributed by atoms with Crippen LogP contribution < -0.4 is 5.32 Å². The topological polar surface area (TPSA) is 50.1 Å². The molecule has 2 aromatic rings. The SMILES string of the molecule is OC(CNCc1cnn(Cc2ccccc2)c1)C(F)F. The molecule has 4 nitrogen and oxygen atoms in total. The molecule has 0 bridgehead atoms. The van der Waals surface area contributed by atoms with Crippen molar-refractivity contribution in [2.24, 2.45) is 0 Å². The number of benzene rings is 1. The molecule has 6 heteroatoms. The molecule has 0 aliphatic rings. The van der Waals surface area contributed by atoms with Crippen molar-refractivity contribution in [2.45, 2.75) is 25.6 Å². The summed E-state index contributed by atoms with van der Waals surface area (Å²) in [5.74, 6) is 0. The normalized spacial score (nSPS) is 12.8. The first-order valence-corrected chi connectivity index (χ1v) is 6.37. The lowest BCUT2D eigenvalue weighted by Gasteiger charge is -2.09. The molecule has 0 spiro atoms. The number of halogens is 2. The van der Waals surface area contributed by atoms with Crippen molar-refractivity contribution in [3.8, 4) is 0 Å². The van der Waals surface area contributed by atoms with Crippen molar-refractivity contribution in [2.75, 3.05) is 6.54 Å². The van der Waals surface area contributed by atoms with Gasteiger partial charge in [-0.3, -0.25) is 4.68 Å². The minimum absolute atomic E-state index is 0.137. The summed E-state index contributed by atoms with van der Waals surface area (Å²) in [5, 5.41) is 16.0. The number of nitrogens with one attached hydrogen (secondary N) is 1. The summed E-state index contributed by atoms with van der Waals surface area (Å²) in [6.45, 7) is 0.931. The van der Waals surface area contributed by atoms with E-state index in [-0.39, 0.29) is 6.54 Å². The molecule has 1 aromatic heterocycles. The van der Waals surface area contributed by atoms with Gasteiger partial charge in [0.15, 0.2) is 0 Å². The largest absolute Gasteiger partial charge is 0.386 e. The van der Waals surface area contributed by atoms with E-state index in [1.54, 1.807) is 10.9 Å². The zero-order valence-electron chi connectivity index (χ0n) is 10.9. The van der Waals surface area contributed by atoms with Crippen molar-refractivity contribution in [1.29, 1.82) is 0 Å². The molecular formula is C14H17F2N3O. The van der Waals surface area contributed by atoms with Gasteiger partial charge >= 0.3 is 0 Å². The first kappa shape index (κ1) is 14.6. The van der Waals surface area contributed by atoms with Gasteiger partial charge in [0.2, 0.25) is 0 Å². The number of nitrogens with zero attached hydrogens (tertiary/aromatic N) is 2. The molecule has 0 saturated heterocycles. The lowest BCUT2D eigenvalue weighted by atomic mass is 10.2. The predicted molar refractivity (Wildman–Crippen MR) is 71.5 cm³/mol. The van der Waals surface area contributed by atoms with E-state index in [4.69, 9.17) is 5.11 Å². The Bertz CT molecular complexity index is 516. The average molecular weight is 281 g/mol. The first-order chi connectivity index (χ1) is 9.65. The van der Waals surface area contributed by atoms with Crippen LogP contribution in [0.3, 0.4) is 0 Å². The third-order valence-corrected chi connectivity index (χ3v) is 2.85. The zero-order chi connectivity index (χ0) is 14.4. The summed E-state index contributed by atoms with van der Waals surface area (Å²) >= 11 is 0. The maximum absolute atomic E-state index is 12.1. The van der Waals surface area contributed by atoms with Crippen LogP contribution in [0, 0.1) is 0 Å². The molecule has 0 saturated carbocycles. The van der Waals surface area contributed by atoms with Crippen molar-refractivity contribution < 1.29 is 13.9 Å². The molecule has 2 N–H and O–H groups in total. The van der Waals surface area contributed by atoms with E-state index in [1.807, 2.05) is 36.5 Å². The van der Waals surface area contributed by atoms with Gasteiger partial charge in [-0.1, -0.05) is 30.3 Å². The summed E-state index contributed by atoms with van der Waals surface area (Å²) in [4.78, 5) is 0. The number of hydrogen-bond donors (Lipinski definition) is 2. The highest BCUT2D eigenvalue weighted by molar-refractivity contribution is 5.15. The van der Waals surface area contributed by atoms with E-state index >= 15 is 0 Å². The molecule has 1 aromatic carbocycles. The minimum Gasteiger partial charge on any atom is -0.386 e. The van der Waals surface area contributed by atoms with Gasteiger partial charge in [0.1, 0.15) is 6.10 Å². The van der Waals surface area contributed by atoms with Crippen LogP contribution >= 0.6 is 0 Å². The molecule has 2 rings (SSSR count). The van der Waals surface area contributed by atoms with E-state index in [9.17, 15) is 8.78 Å². The molecular weight excluding hydrogens is 264 g/mol. The highest BCUT2D eigenvalue weighted by Gasteiger charge is 2.15. The molecule has 20 heavy (non-hydrogen) atoms. The molecule has 0 amide bonds. The Hall–Kier alpha value is -1.79. The molecule has 0 aliphatic heterocycles. The van der Waals surface area contributed by atoms with Crippen LogP contribution in [0.2, 0.25) is 0 Å². The van der Waals surface area contributed by atoms with Crippen LogP contribution in [0.1, 0.15) is 11.1 Å². The van der Waals surface area contributed by atoms with Gasteiger partial charge in [-0.25, -0.2) is 8.78 Å². The van der Waals surface area contributed by atoms with Gasteiger partial charge in [-0.15, -0.1) is 0 Å². The third-order valence-electron chi connectivity index (χ3n) is 2.85. The smallest absolute Gasteiger partial charge is 0.265 e. The highest BCUT2D eigenvalue weighted by Crippen LogP contribution is 2.04. The Morgan fingerprint density at radius 3 is 2.65 bits per heavy atom. The Morgan fingerprint density at radius 2 is 1.95 bits per heavy atom. The third kappa shape index (κ3) is 4.40. The first-order valence-electron chi connectivity index (χ1n) is 6.37. The summed E-state index contributed by atoms with van der Waals surface area (Å²) in [7, 11) is 0. The van der Waals surface area contributed by atoms with Gasteiger partial charge in [0.05, 0.1) is 12.7 Å². The maximum atomic E-state index is 12.1. The fraction of sp³-hybridized carbons (Fsp3) is 0.357. The molecule has 1 unspecified atom stereocenters. The second-order valence-corrected chi connectivity index (χ2v) is 4.56. The molecule has 108 valence electrons. The van der Waals surface area contributed by atoms with Crippen molar-refractivity contribution in [3.05, 3.63) is 53.9 Å². The number of aliphatic hydroxyl groups is 1. The highest BCUT2D eigenvalue weighted by atomic mass is 19.3. The Kier molecular flexibility index (Phi) is 5.20. The van der Waals surface area contributed by atoms with Gasteiger partial charge in [-0.2, -0.15) is 5.10 Å². The summed E-state index contributed by atoms with van der Waals surface area (Å²) in [6, 6.07) is 9.91. The predicted octanol–water partition coefficient (Wildman–Crippen LogP) is 1.65. The van der Waals surface area contributed by atoms with Crippen molar-refractivity contribution in [3.63, 3.8) is 0 Å². The maximum Gasteiger partial charge on any atom is 0.265 e. The minimum atomic E-state index is -2.72. The quantitative estimate of drug-likeness (QED) is 0.811. The molecule has 0 radical (unpaired) electrons. The van der Waals surface area contributed by atoms with Crippen LogP contribution in [0.25, 0.3) is 0 Å². The van der Waals surface area contributed by atoms with Gasteiger partial charge in [0, 0.05) is 24.8 Å². The van der Waals surface area contributed by atoms with Gasteiger partial charge in [0.25, 0.3) is 6.43 Å². The van der Waals surface area contributed by atoms with E-state index < -0.39 is 12.5 Å². The summed E-state index contributed by atoms with van der Waals surface area (Å²) < 4.78 is 26.0. The average Bonchev–Trinajstić information content (AvgIpc) is 2.87. The van der Waals surface area contributed by atoms with E-state index in [0.717, 1.165) is 11.1 Å². The number of hydrogen-bond acceptors (Lipinski definition) is 3. The Morgan fingerprint density at radius 1 is 1.20 bits per heavy atom. The van der Waals surface area contributed by atoms with Crippen molar-refractivity contribution in [1.82, 2.24) is 15.1 Å². The lowest BCUT2D eigenvalue weighted by Crippen LogP contribution is -2.31. The Labute approximate surface area is 116 Å². The molecule has 0 aliphatic carbocycles. The molecule has 1 atom stereocenters. The van der Waals surface area contributed by atoms with Gasteiger partial charge in [-0.05, 0) is 5.56 Å². The molecule has 0 fully saturated rings. The van der Waals surface area contributed by atoms with Crippen LogP contribution in [-0.4, -0.2) is 34.0 Å². The summed E-state index contributed by atoms with van der Waals surface area (Å²) in [5.41, 5.74) is 2.03. The van der Waals surface area contributed by atoms with Crippen LogP contribution in [-0.2, 0) is 13.1 Å². The summed E-state index contributed by atoms with van der Waals surface area (Å²) in [6.07, 6.45) is -0.808. The zero-order valence-corrected chi connectivity index (χ0v) is 10.9. The van der Waals surface area contributed by atoms with Crippen LogP contribution in [0.4, 0.5) is 8.78 Å². The number of aliphatic hydroxyl groups excluding tert-OH is 1. The van der Waals surface area contributed by atoms with E-state index in [0.29, 0.717) is 13.1 Å². The second kappa shape index (κ2) is 7.12. The fourth-order valence-corrected chi connectivity index (χ4v) is 1.81. The fourth-order valence-electron chi connectivity index (χ4n) is 1.81. The van der Waals surface area contributed by atoms with Crippen LogP contribution in [0.5, 0.6) is 0 Å². The lowest BCUT2D eigenvalue weighted by molar-refractivity contribution is -0.00340. The van der Waals surface area contributed by atoms with E-state index in [2.05, 4.69) is 10.4 Å². The number of alkyl halides is 2. The Balaban J connectivity index is 1.80. The van der Waals surface area contributed by atoms with Crippen molar-refractivity contribution >= 4 is 0 Å². The number of rotatable bonds is 7. The number of aromatic nitrogens is 2. The second-order valence-electron chi connectivity index (χ2n) is 4.56. The van der Waals surface area contributed by atoms with E-state index in [1.165, 1.54) is 0 Å². The standard InChI is InChI=1S/C14H17F2N3O/c15-14(16)13(20)8-17-6-12-7-18-19(10-12)9-11-4-2-1-3-5-11/h1-5,7,10,13-14,17,20H,6,8-9H2.